The highest BCUT2D eigenvalue weighted by Gasteiger charge is 2.22. The molecule has 1 fully saturated rings. The number of rotatable bonds is 1. The van der Waals surface area contributed by atoms with Gasteiger partial charge in [-0.15, -0.1) is 0 Å². The highest BCUT2D eigenvalue weighted by Crippen LogP contribution is 2.23. The summed E-state index contributed by atoms with van der Waals surface area (Å²) >= 11 is 0. The number of halogens is 1. The summed E-state index contributed by atoms with van der Waals surface area (Å²) in [6.45, 7) is 2.81. The quantitative estimate of drug-likeness (QED) is 0.684. The molecule has 0 bridgehead atoms. The van der Waals surface area contributed by atoms with Crippen LogP contribution in [-0.2, 0) is 0 Å². The number of pyridine rings is 1. The molecule has 1 saturated heterocycles. The van der Waals surface area contributed by atoms with Crippen molar-refractivity contribution in [2.45, 2.75) is 19.4 Å². The average Bonchev–Trinajstić information content (AvgIpc) is 1.91. The summed E-state index contributed by atoms with van der Waals surface area (Å²) in [6, 6.07) is 1.67. The maximum absolute atomic E-state index is 13.2. The Morgan fingerprint density at radius 3 is 2.92 bits per heavy atom. The van der Waals surface area contributed by atoms with Gasteiger partial charge in [0.2, 0.25) is 0 Å². The van der Waals surface area contributed by atoms with E-state index in [4.69, 9.17) is 0 Å². The molecule has 0 spiro atoms. The molecule has 0 radical (unpaired) electrons. The van der Waals surface area contributed by atoms with Gasteiger partial charge in [-0.2, -0.15) is 0 Å². The van der Waals surface area contributed by atoms with Crippen LogP contribution in [0, 0.1) is 12.7 Å². The molecular weight excluding hydrogens is 155 g/mol. The Morgan fingerprint density at radius 1 is 1.67 bits per heavy atom. The molecule has 1 unspecified atom stereocenters. The van der Waals surface area contributed by atoms with Crippen molar-refractivity contribution in [3.05, 3.63) is 29.3 Å². The molecule has 1 atom stereocenters. The topological polar surface area (TPSA) is 24.9 Å². The zero-order chi connectivity index (χ0) is 8.55. The van der Waals surface area contributed by atoms with E-state index in [1.54, 1.807) is 6.20 Å². The standard InChI is InChI=1S/C9H11FN2/c1-6-4-7(10)9(12-5-6)8-2-3-11-8/h4-5,8,11H,2-3H2,1H3. The average molecular weight is 166 g/mol. The van der Waals surface area contributed by atoms with Crippen LogP contribution < -0.4 is 5.32 Å². The lowest BCUT2D eigenvalue weighted by molar-refractivity contribution is 0.360. The van der Waals surface area contributed by atoms with Gasteiger partial charge in [-0.25, -0.2) is 4.39 Å². The highest BCUT2D eigenvalue weighted by molar-refractivity contribution is 5.18. The van der Waals surface area contributed by atoms with Crippen molar-refractivity contribution in [2.75, 3.05) is 6.54 Å². The Balaban J connectivity index is 2.31. The number of hydrogen-bond donors (Lipinski definition) is 1. The fraction of sp³-hybridized carbons (Fsp3) is 0.444. The molecule has 0 saturated carbocycles. The fourth-order valence-corrected chi connectivity index (χ4v) is 1.32. The van der Waals surface area contributed by atoms with Crippen molar-refractivity contribution in [3.8, 4) is 0 Å². The molecule has 0 amide bonds. The number of aryl methyl sites for hydroxylation is 1. The molecule has 1 aromatic heterocycles. The Bertz CT molecular complexity index is 295. The van der Waals surface area contributed by atoms with E-state index in [2.05, 4.69) is 10.3 Å². The van der Waals surface area contributed by atoms with Crippen molar-refractivity contribution < 1.29 is 4.39 Å². The predicted octanol–water partition coefficient (Wildman–Crippen LogP) is 1.56. The molecule has 64 valence electrons. The van der Waals surface area contributed by atoms with E-state index in [-0.39, 0.29) is 11.9 Å². The van der Waals surface area contributed by atoms with Crippen molar-refractivity contribution in [1.29, 1.82) is 0 Å². The number of hydrogen-bond acceptors (Lipinski definition) is 2. The minimum atomic E-state index is -0.188. The van der Waals surface area contributed by atoms with Crippen LogP contribution in [0.15, 0.2) is 12.3 Å². The third-order valence-corrected chi connectivity index (χ3v) is 2.16. The van der Waals surface area contributed by atoms with Crippen LogP contribution in [0.5, 0.6) is 0 Å². The summed E-state index contributed by atoms with van der Waals surface area (Å²) in [5, 5.41) is 3.12. The van der Waals surface area contributed by atoms with Crippen molar-refractivity contribution >= 4 is 0 Å². The minimum Gasteiger partial charge on any atom is -0.308 e. The molecular formula is C9H11FN2. The van der Waals surface area contributed by atoms with Gasteiger partial charge in [0.15, 0.2) is 0 Å². The summed E-state index contributed by atoms with van der Waals surface area (Å²) in [6.07, 6.45) is 2.70. The Kier molecular flexibility index (Phi) is 1.81. The maximum atomic E-state index is 13.2. The monoisotopic (exact) mass is 166 g/mol. The third-order valence-electron chi connectivity index (χ3n) is 2.16. The van der Waals surface area contributed by atoms with Gasteiger partial charge >= 0.3 is 0 Å². The first kappa shape index (κ1) is 7.68. The number of nitrogens with one attached hydrogen (secondary N) is 1. The van der Waals surface area contributed by atoms with Gasteiger partial charge in [-0.05, 0) is 31.5 Å². The molecule has 1 aliphatic heterocycles. The van der Waals surface area contributed by atoms with Crippen LogP contribution >= 0.6 is 0 Å². The van der Waals surface area contributed by atoms with E-state index < -0.39 is 0 Å². The fourth-order valence-electron chi connectivity index (χ4n) is 1.32. The lowest BCUT2D eigenvalue weighted by atomic mass is 10.0. The Hall–Kier alpha value is -0.960. The molecule has 2 rings (SSSR count). The Labute approximate surface area is 70.8 Å². The first-order valence-electron chi connectivity index (χ1n) is 4.13. The maximum Gasteiger partial charge on any atom is 0.146 e. The summed E-state index contributed by atoms with van der Waals surface area (Å²) < 4.78 is 13.2. The molecule has 2 nitrogen and oxygen atoms in total. The van der Waals surface area contributed by atoms with E-state index in [0.717, 1.165) is 18.5 Å². The zero-order valence-corrected chi connectivity index (χ0v) is 6.97. The number of nitrogens with zero attached hydrogens (tertiary/aromatic N) is 1. The Morgan fingerprint density at radius 2 is 2.42 bits per heavy atom. The second-order valence-electron chi connectivity index (χ2n) is 3.18. The lowest BCUT2D eigenvalue weighted by Gasteiger charge is -2.27. The normalized spacial score (nSPS) is 22.0. The van der Waals surface area contributed by atoms with Gasteiger partial charge in [0.1, 0.15) is 5.82 Å². The summed E-state index contributed by atoms with van der Waals surface area (Å²) in [5.74, 6) is -0.188. The second-order valence-corrected chi connectivity index (χ2v) is 3.18. The van der Waals surface area contributed by atoms with E-state index >= 15 is 0 Å². The van der Waals surface area contributed by atoms with Crippen molar-refractivity contribution in [3.63, 3.8) is 0 Å². The highest BCUT2D eigenvalue weighted by atomic mass is 19.1. The van der Waals surface area contributed by atoms with Crippen LogP contribution in [0.25, 0.3) is 0 Å². The van der Waals surface area contributed by atoms with Gasteiger partial charge in [-0.3, -0.25) is 4.98 Å². The summed E-state index contributed by atoms with van der Waals surface area (Å²) in [7, 11) is 0. The second kappa shape index (κ2) is 2.83. The van der Waals surface area contributed by atoms with E-state index in [9.17, 15) is 4.39 Å². The lowest BCUT2D eigenvalue weighted by Crippen LogP contribution is -2.36. The molecule has 1 N–H and O–H groups in total. The summed E-state index contributed by atoms with van der Waals surface area (Å²) in [4.78, 5) is 4.06. The van der Waals surface area contributed by atoms with E-state index in [1.165, 1.54) is 6.07 Å². The first-order valence-corrected chi connectivity index (χ1v) is 4.13. The first-order chi connectivity index (χ1) is 5.77. The molecule has 0 aromatic carbocycles. The minimum absolute atomic E-state index is 0.144. The zero-order valence-electron chi connectivity index (χ0n) is 6.97. The summed E-state index contributed by atoms with van der Waals surface area (Å²) in [5.41, 5.74) is 1.43. The van der Waals surface area contributed by atoms with Gasteiger partial charge in [-0.1, -0.05) is 0 Å². The van der Waals surface area contributed by atoms with Gasteiger partial charge in [0.05, 0.1) is 11.7 Å². The smallest absolute Gasteiger partial charge is 0.146 e. The number of aromatic nitrogens is 1. The molecule has 1 aliphatic rings. The molecule has 0 aliphatic carbocycles. The largest absolute Gasteiger partial charge is 0.308 e. The van der Waals surface area contributed by atoms with Gasteiger partial charge in [0.25, 0.3) is 0 Å². The van der Waals surface area contributed by atoms with Crippen molar-refractivity contribution in [2.24, 2.45) is 0 Å². The van der Waals surface area contributed by atoms with Gasteiger partial charge in [0, 0.05) is 6.20 Å². The molecule has 2 heterocycles. The molecule has 3 heteroatoms. The molecule has 1 aromatic rings. The van der Waals surface area contributed by atoms with Crippen LogP contribution in [0.3, 0.4) is 0 Å². The predicted molar refractivity (Wildman–Crippen MR) is 44.3 cm³/mol. The molecule has 12 heavy (non-hydrogen) atoms. The van der Waals surface area contributed by atoms with E-state index in [0.29, 0.717) is 5.69 Å². The van der Waals surface area contributed by atoms with Gasteiger partial charge < -0.3 is 5.32 Å². The van der Waals surface area contributed by atoms with Crippen molar-refractivity contribution in [1.82, 2.24) is 10.3 Å². The third kappa shape index (κ3) is 1.20. The SMILES string of the molecule is Cc1cnc(C2CCN2)c(F)c1. The van der Waals surface area contributed by atoms with Crippen LogP contribution in [0.2, 0.25) is 0 Å². The van der Waals surface area contributed by atoms with Crippen LogP contribution in [0.1, 0.15) is 23.7 Å². The van der Waals surface area contributed by atoms with E-state index in [1.807, 2.05) is 6.92 Å². The van der Waals surface area contributed by atoms with Crippen LogP contribution in [-0.4, -0.2) is 11.5 Å². The van der Waals surface area contributed by atoms with Crippen LogP contribution in [0.4, 0.5) is 4.39 Å².